The van der Waals surface area contributed by atoms with Crippen molar-refractivity contribution >= 4 is 84.0 Å². The SMILES string of the molecule is O=S(=O)(OS(=O)(=O)C(F)(F)F)C(F)(F)F.O=S(=O)(Oc1ncc(Br)cc1-c1cc2c(F)cccc2[nH]1)C(F)(F)F.O=c1[nH]cc(Br)cc1-c1cc2c(F)cccc2[nH]1. The van der Waals surface area contributed by atoms with Crippen molar-refractivity contribution in [3.8, 4) is 28.4 Å². The second-order valence-electron chi connectivity index (χ2n) is 10.7. The van der Waals surface area contributed by atoms with Gasteiger partial charge < -0.3 is 19.1 Å². The summed E-state index contributed by atoms with van der Waals surface area (Å²) >= 11 is 6.39. The molecule has 0 bridgehead atoms. The topological polar surface area (TPSA) is 198 Å². The van der Waals surface area contributed by atoms with Crippen LogP contribution >= 0.6 is 31.9 Å². The van der Waals surface area contributed by atoms with Crippen molar-refractivity contribution in [3.05, 3.63) is 104 Å². The maximum Gasteiger partial charge on any atom is 0.534 e. The average molecular weight is 1030 g/mol. The Morgan fingerprint density at radius 1 is 0.603 bits per heavy atom. The molecule has 314 valence electrons. The van der Waals surface area contributed by atoms with Gasteiger partial charge in [-0.25, -0.2) is 13.8 Å². The van der Waals surface area contributed by atoms with E-state index in [1.165, 1.54) is 30.3 Å². The Morgan fingerprint density at radius 2 is 1.03 bits per heavy atom. The fourth-order valence-corrected chi connectivity index (χ4v) is 6.89. The first-order valence-corrected chi connectivity index (χ1v) is 20.2. The summed E-state index contributed by atoms with van der Waals surface area (Å²) in [5, 5.41) is 0.661. The fourth-order valence-electron chi connectivity index (χ4n) is 4.22. The van der Waals surface area contributed by atoms with Gasteiger partial charge in [-0.05, 0) is 80.4 Å². The van der Waals surface area contributed by atoms with Gasteiger partial charge >= 0.3 is 46.9 Å². The zero-order valence-electron chi connectivity index (χ0n) is 27.2. The van der Waals surface area contributed by atoms with Crippen LogP contribution in [0.1, 0.15) is 0 Å². The molecule has 0 atom stereocenters. The Morgan fingerprint density at radius 3 is 1.47 bits per heavy atom. The lowest BCUT2D eigenvalue weighted by Gasteiger charge is -2.11. The molecular weight excluding hydrogens is 1010 g/mol. The Labute approximate surface area is 332 Å². The molecule has 0 aliphatic rings. The van der Waals surface area contributed by atoms with Crippen molar-refractivity contribution in [1.29, 1.82) is 0 Å². The van der Waals surface area contributed by atoms with Crippen LogP contribution in [0.4, 0.5) is 48.3 Å². The van der Waals surface area contributed by atoms with Crippen LogP contribution in [-0.2, 0) is 34.0 Å². The normalized spacial score (nSPS) is 12.8. The first-order chi connectivity index (χ1) is 26.4. The number of rotatable bonds is 6. The van der Waals surface area contributed by atoms with Gasteiger partial charge in [0.1, 0.15) is 11.6 Å². The molecule has 4 aromatic heterocycles. The number of aromatic nitrogens is 4. The maximum atomic E-state index is 13.8. The molecule has 13 nitrogen and oxygen atoms in total. The van der Waals surface area contributed by atoms with Crippen molar-refractivity contribution in [1.82, 2.24) is 19.9 Å². The second kappa shape index (κ2) is 16.6. The summed E-state index contributed by atoms with van der Waals surface area (Å²) in [6.07, 6.45) is 2.64. The minimum atomic E-state index is -6.85. The molecule has 0 saturated heterocycles. The number of hydrogen-bond acceptors (Lipinski definition) is 10. The molecular formula is C29H15Br2F11N4O9S3. The predicted octanol–water partition coefficient (Wildman–Crippen LogP) is 8.49. The van der Waals surface area contributed by atoms with Crippen molar-refractivity contribution in [2.75, 3.05) is 0 Å². The van der Waals surface area contributed by atoms with Crippen LogP contribution in [0.3, 0.4) is 0 Å². The van der Waals surface area contributed by atoms with Crippen molar-refractivity contribution in [2.24, 2.45) is 0 Å². The maximum absolute atomic E-state index is 13.8. The van der Waals surface area contributed by atoms with Gasteiger partial charge in [-0.2, -0.15) is 64.8 Å². The van der Waals surface area contributed by atoms with Crippen molar-refractivity contribution in [3.63, 3.8) is 0 Å². The van der Waals surface area contributed by atoms with E-state index in [2.05, 4.69) is 56.0 Å². The minimum Gasteiger partial charge on any atom is -0.355 e. The second-order valence-corrected chi connectivity index (χ2v) is 17.3. The van der Waals surface area contributed by atoms with Gasteiger partial charge in [0.25, 0.3) is 5.56 Å². The molecule has 0 unspecified atom stereocenters. The van der Waals surface area contributed by atoms with E-state index in [-0.39, 0.29) is 28.0 Å². The first kappa shape index (κ1) is 46.1. The molecule has 0 aliphatic heterocycles. The molecule has 0 radical (unpaired) electrons. The van der Waals surface area contributed by atoms with E-state index in [0.717, 1.165) is 10.7 Å². The summed E-state index contributed by atoms with van der Waals surface area (Å²) < 4.78 is 203. The van der Waals surface area contributed by atoms with Crippen LogP contribution in [0.2, 0.25) is 0 Å². The molecule has 2 aromatic carbocycles. The van der Waals surface area contributed by atoms with E-state index in [1.54, 1.807) is 36.5 Å². The van der Waals surface area contributed by atoms with Crippen LogP contribution in [0.25, 0.3) is 44.3 Å². The molecule has 29 heteroatoms. The zero-order chi connectivity index (χ0) is 43.8. The van der Waals surface area contributed by atoms with Gasteiger partial charge in [0.05, 0.1) is 22.5 Å². The summed E-state index contributed by atoms with van der Waals surface area (Å²) in [7, 11) is -19.6. The van der Waals surface area contributed by atoms with E-state index in [9.17, 15) is 78.3 Å². The average Bonchev–Trinajstić information content (AvgIpc) is 3.72. The summed E-state index contributed by atoms with van der Waals surface area (Å²) in [6, 6.07) is 15.0. The number of nitrogens with zero attached hydrogens (tertiary/aromatic N) is 1. The molecule has 3 N–H and O–H groups in total. The molecule has 6 aromatic rings. The highest BCUT2D eigenvalue weighted by molar-refractivity contribution is 9.10. The summed E-state index contributed by atoms with van der Waals surface area (Å²) in [5.74, 6) is -1.64. The lowest BCUT2D eigenvalue weighted by molar-refractivity contribution is -0.0586. The smallest absolute Gasteiger partial charge is 0.355 e. The first-order valence-electron chi connectivity index (χ1n) is 14.4. The van der Waals surface area contributed by atoms with Crippen molar-refractivity contribution in [2.45, 2.75) is 16.5 Å². The number of alkyl halides is 9. The third-order valence-corrected chi connectivity index (χ3v) is 11.1. The lowest BCUT2D eigenvalue weighted by Crippen LogP contribution is -2.34. The van der Waals surface area contributed by atoms with Crippen LogP contribution in [0.5, 0.6) is 5.88 Å². The number of fused-ring (bicyclic) bond motifs is 2. The third-order valence-electron chi connectivity index (χ3n) is 6.71. The highest BCUT2D eigenvalue weighted by Crippen LogP contribution is 2.36. The van der Waals surface area contributed by atoms with Crippen LogP contribution in [0, 0.1) is 11.6 Å². The number of benzene rings is 2. The summed E-state index contributed by atoms with van der Waals surface area (Å²) in [5.41, 5.74) is -16.2. The Hall–Kier alpha value is -4.58. The molecule has 58 heavy (non-hydrogen) atoms. The molecule has 0 saturated carbocycles. The van der Waals surface area contributed by atoms with Gasteiger partial charge in [-0.3, -0.25) is 4.79 Å². The van der Waals surface area contributed by atoms with E-state index in [1.807, 2.05) is 3.63 Å². The quantitative estimate of drug-likeness (QED) is 0.0826. The van der Waals surface area contributed by atoms with Gasteiger partial charge in [-0.1, -0.05) is 12.1 Å². The molecule has 4 heterocycles. The Bertz CT molecular complexity index is 2850. The number of pyridine rings is 2. The number of halogens is 13. The third kappa shape index (κ3) is 10.5. The van der Waals surface area contributed by atoms with Gasteiger partial charge in [0.15, 0.2) is 0 Å². The highest BCUT2D eigenvalue weighted by atomic mass is 79.9. The number of hydrogen-bond donors (Lipinski definition) is 3. The number of aromatic amines is 3. The highest BCUT2D eigenvalue weighted by Gasteiger charge is 2.57. The lowest BCUT2D eigenvalue weighted by atomic mass is 10.2. The standard InChI is InChI=1S/C14H7BrF4N2O3S.C13H8BrFN2O.C2F6O5S2/c15-7-4-9(12-5-8-10(16)2-1-3-11(8)21-12)13(20-6-7)24-25(22,23)14(17,18)19;14-7-4-9(13(18)16-6-7)12-5-8-10(15)2-1-3-11(8)17-12;3-1(4,5)14(9,10)13-15(11,12)2(6,7)8/h1-6,21H;1-6,17H,(H,16,18);. The van der Waals surface area contributed by atoms with Gasteiger partial charge in [-0.15, -0.1) is 3.63 Å². The van der Waals surface area contributed by atoms with Crippen molar-refractivity contribution < 1.29 is 81.4 Å². The minimum absolute atomic E-state index is 0.0854. The molecule has 6 rings (SSSR count). The largest absolute Gasteiger partial charge is 0.534 e. The Kier molecular flexibility index (Phi) is 13.2. The fraction of sp³-hybridized carbons (Fsp3) is 0.103. The molecule has 0 spiro atoms. The van der Waals surface area contributed by atoms with E-state index in [4.69, 9.17) is 0 Å². The van der Waals surface area contributed by atoms with E-state index in [0.29, 0.717) is 32.1 Å². The van der Waals surface area contributed by atoms with E-state index < -0.39 is 58.6 Å². The zero-order valence-corrected chi connectivity index (χ0v) is 32.8. The van der Waals surface area contributed by atoms with Gasteiger partial charge in [0, 0.05) is 43.1 Å². The van der Waals surface area contributed by atoms with Crippen LogP contribution < -0.4 is 9.74 Å². The molecule has 0 fully saturated rings. The molecule has 0 amide bonds. The predicted molar refractivity (Wildman–Crippen MR) is 188 cm³/mol. The van der Waals surface area contributed by atoms with Crippen LogP contribution in [-0.4, -0.2) is 61.7 Å². The van der Waals surface area contributed by atoms with Crippen LogP contribution in [0.15, 0.2) is 86.8 Å². The van der Waals surface area contributed by atoms with E-state index >= 15 is 0 Å². The summed E-state index contributed by atoms with van der Waals surface area (Å²) in [6.45, 7) is 0. The van der Waals surface area contributed by atoms with Gasteiger partial charge in [0.2, 0.25) is 5.88 Å². The monoisotopic (exact) mass is 1030 g/mol. The number of nitrogens with one attached hydrogen (secondary N) is 3. The molecule has 0 aliphatic carbocycles. The summed E-state index contributed by atoms with van der Waals surface area (Å²) in [4.78, 5) is 23.8. The number of H-pyrrole nitrogens is 3. The Balaban J connectivity index is 0.000000201.